The summed E-state index contributed by atoms with van der Waals surface area (Å²) >= 11 is 12.1. The van der Waals surface area contributed by atoms with Gasteiger partial charge in [0.15, 0.2) is 0 Å². The zero-order valence-electron chi connectivity index (χ0n) is 14.8. The van der Waals surface area contributed by atoms with E-state index >= 15 is 0 Å². The molecule has 1 amide bonds. The Morgan fingerprint density at radius 1 is 0.931 bits per heavy atom. The highest BCUT2D eigenvalue weighted by Gasteiger charge is 2.09. The maximum atomic E-state index is 12.2. The van der Waals surface area contributed by atoms with Crippen LogP contribution in [0.1, 0.15) is 5.76 Å². The molecule has 4 aromatic rings. The lowest BCUT2D eigenvalue weighted by molar-refractivity contribution is -0.111. The van der Waals surface area contributed by atoms with E-state index in [4.69, 9.17) is 32.0 Å². The van der Waals surface area contributed by atoms with Gasteiger partial charge in [-0.05, 0) is 60.7 Å². The van der Waals surface area contributed by atoms with Crippen molar-refractivity contribution in [2.45, 2.75) is 0 Å². The third kappa shape index (κ3) is 4.42. The fourth-order valence-corrected chi connectivity index (χ4v) is 3.27. The van der Waals surface area contributed by atoms with Crippen molar-refractivity contribution in [3.8, 4) is 11.3 Å². The van der Waals surface area contributed by atoms with Gasteiger partial charge in [-0.25, -0.2) is 4.79 Å². The second-order valence-corrected chi connectivity index (χ2v) is 7.00. The van der Waals surface area contributed by atoms with Gasteiger partial charge in [-0.15, -0.1) is 0 Å². The van der Waals surface area contributed by atoms with Gasteiger partial charge in [-0.2, -0.15) is 0 Å². The predicted octanol–water partition coefficient (Wildman–Crippen LogP) is 6.01. The topological polar surface area (TPSA) is 72.5 Å². The standard InChI is InChI=1S/C22H13Cl2NO4/c23-14-2-6-17(18(24)12-14)20-8-4-16(28-20)5-9-21(26)25-15-3-7-19-13(11-15)1-10-22(27)29-19/h1-12H,(H,25,26)/b9-5+. The molecular formula is C22H13Cl2NO4. The van der Waals surface area contributed by atoms with E-state index in [1.165, 1.54) is 12.1 Å². The number of carbonyl (C=O) groups excluding carboxylic acids is 1. The molecule has 0 fully saturated rings. The van der Waals surface area contributed by atoms with Crippen molar-refractivity contribution in [3.05, 3.63) is 93.0 Å². The second kappa shape index (κ2) is 7.99. The molecule has 29 heavy (non-hydrogen) atoms. The fraction of sp³-hybridized carbons (Fsp3) is 0. The van der Waals surface area contributed by atoms with E-state index in [9.17, 15) is 9.59 Å². The van der Waals surface area contributed by atoms with Crippen molar-refractivity contribution in [2.75, 3.05) is 5.32 Å². The zero-order chi connectivity index (χ0) is 20.4. The summed E-state index contributed by atoms with van der Waals surface area (Å²) < 4.78 is 10.8. The minimum Gasteiger partial charge on any atom is -0.457 e. The normalized spacial score (nSPS) is 11.2. The number of furan rings is 1. The largest absolute Gasteiger partial charge is 0.457 e. The molecule has 0 atom stereocenters. The molecule has 144 valence electrons. The van der Waals surface area contributed by atoms with Crippen LogP contribution in [0.5, 0.6) is 0 Å². The van der Waals surface area contributed by atoms with Crippen molar-refractivity contribution in [1.29, 1.82) is 0 Å². The van der Waals surface area contributed by atoms with Crippen LogP contribution in [0.2, 0.25) is 10.0 Å². The molecule has 2 heterocycles. The van der Waals surface area contributed by atoms with Gasteiger partial charge in [-0.1, -0.05) is 23.2 Å². The highest BCUT2D eigenvalue weighted by atomic mass is 35.5. The summed E-state index contributed by atoms with van der Waals surface area (Å²) in [6.07, 6.45) is 2.92. The average Bonchev–Trinajstić information content (AvgIpc) is 3.15. The minimum absolute atomic E-state index is 0.329. The molecule has 4 rings (SSSR count). The number of carbonyl (C=O) groups is 1. The summed E-state index contributed by atoms with van der Waals surface area (Å²) in [5, 5.41) is 4.48. The quantitative estimate of drug-likeness (QED) is 0.320. The molecule has 0 aliphatic heterocycles. The van der Waals surface area contributed by atoms with Gasteiger partial charge in [0.25, 0.3) is 0 Å². The highest BCUT2D eigenvalue weighted by molar-refractivity contribution is 6.36. The average molecular weight is 426 g/mol. The van der Waals surface area contributed by atoms with Gasteiger partial charge in [0.1, 0.15) is 17.1 Å². The van der Waals surface area contributed by atoms with Crippen LogP contribution in [0.3, 0.4) is 0 Å². The predicted molar refractivity (Wildman–Crippen MR) is 114 cm³/mol. The van der Waals surface area contributed by atoms with E-state index in [1.54, 1.807) is 60.7 Å². The molecule has 0 saturated heterocycles. The minimum atomic E-state index is -0.421. The van der Waals surface area contributed by atoms with Crippen LogP contribution in [0.4, 0.5) is 5.69 Å². The monoisotopic (exact) mass is 425 g/mol. The number of fused-ring (bicyclic) bond motifs is 1. The molecule has 1 N–H and O–H groups in total. The first kappa shape index (κ1) is 19.1. The fourth-order valence-electron chi connectivity index (χ4n) is 2.77. The summed E-state index contributed by atoms with van der Waals surface area (Å²) in [5.41, 5.74) is 1.32. The van der Waals surface area contributed by atoms with Crippen LogP contribution in [0.25, 0.3) is 28.4 Å². The van der Waals surface area contributed by atoms with Gasteiger partial charge in [0, 0.05) is 33.8 Å². The van der Waals surface area contributed by atoms with Crippen LogP contribution >= 0.6 is 23.2 Å². The number of amides is 1. The Kier molecular flexibility index (Phi) is 5.25. The first-order chi connectivity index (χ1) is 14.0. The molecule has 0 aliphatic rings. The van der Waals surface area contributed by atoms with Gasteiger partial charge < -0.3 is 14.2 Å². The van der Waals surface area contributed by atoms with Gasteiger partial charge in [-0.3, -0.25) is 4.79 Å². The Balaban J connectivity index is 1.47. The summed E-state index contributed by atoms with van der Waals surface area (Å²) in [4.78, 5) is 23.4. The Labute approximate surface area is 175 Å². The number of halogens is 2. The van der Waals surface area contributed by atoms with Crippen molar-refractivity contribution in [2.24, 2.45) is 0 Å². The maximum Gasteiger partial charge on any atom is 0.336 e. The van der Waals surface area contributed by atoms with E-state index < -0.39 is 5.63 Å². The number of anilines is 1. The molecule has 0 spiro atoms. The van der Waals surface area contributed by atoms with Crippen LogP contribution in [-0.4, -0.2) is 5.91 Å². The molecule has 2 aromatic heterocycles. The summed E-state index contributed by atoms with van der Waals surface area (Å²) in [6.45, 7) is 0. The second-order valence-electron chi connectivity index (χ2n) is 6.16. The summed E-state index contributed by atoms with van der Waals surface area (Å²) in [6, 6.07) is 16.6. The van der Waals surface area contributed by atoms with E-state index in [1.807, 2.05) is 0 Å². The highest BCUT2D eigenvalue weighted by Crippen LogP contribution is 2.31. The number of benzene rings is 2. The van der Waals surface area contributed by atoms with Crippen LogP contribution < -0.4 is 10.9 Å². The first-order valence-electron chi connectivity index (χ1n) is 8.56. The smallest absolute Gasteiger partial charge is 0.336 e. The summed E-state index contributed by atoms with van der Waals surface area (Å²) in [7, 11) is 0. The molecule has 0 aliphatic carbocycles. The maximum absolute atomic E-state index is 12.2. The van der Waals surface area contributed by atoms with E-state index in [2.05, 4.69) is 5.32 Å². The van der Waals surface area contributed by atoms with Crippen molar-refractivity contribution in [3.63, 3.8) is 0 Å². The Hall–Kier alpha value is -3.28. The molecule has 2 aromatic carbocycles. The van der Waals surface area contributed by atoms with Crippen molar-refractivity contribution >= 4 is 51.8 Å². The molecule has 0 unspecified atom stereocenters. The zero-order valence-corrected chi connectivity index (χ0v) is 16.3. The van der Waals surface area contributed by atoms with Crippen LogP contribution in [0, 0.1) is 0 Å². The Bertz CT molecular complexity index is 1300. The number of rotatable bonds is 4. The molecule has 7 heteroatoms. The van der Waals surface area contributed by atoms with Gasteiger partial charge in [0.05, 0.1) is 5.02 Å². The van der Waals surface area contributed by atoms with E-state index in [-0.39, 0.29) is 5.91 Å². The third-order valence-electron chi connectivity index (χ3n) is 4.11. The third-order valence-corrected chi connectivity index (χ3v) is 4.66. The lowest BCUT2D eigenvalue weighted by atomic mass is 10.2. The Morgan fingerprint density at radius 3 is 2.62 bits per heavy atom. The van der Waals surface area contributed by atoms with Gasteiger partial charge in [0.2, 0.25) is 5.91 Å². The van der Waals surface area contributed by atoms with Crippen molar-refractivity contribution in [1.82, 2.24) is 0 Å². The molecule has 0 saturated carbocycles. The molecular weight excluding hydrogens is 413 g/mol. The summed E-state index contributed by atoms with van der Waals surface area (Å²) in [5.74, 6) is 0.744. The van der Waals surface area contributed by atoms with Crippen LogP contribution in [-0.2, 0) is 4.79 Å². The van der Waals surface area contributed by atoms with E-state index in [0.717, 1.165) is 0 Å². The van der Waals surface area contributed by atoms with Crippen molar-refractivity contribution < 1.29 is 13.6 Å². The number of nitrogens with one attached hydrogen (secondary N) is 1. The van der Waals surface area contributed by atoms with E-state index in [0.29, 0.717) is 43.8 Å². The number of hydrogen-bond donors (Lipinski definition) is 1. The SMILES string of the molecule is O=C(/C=C/c1ccc(-c2ccc(Cl)cc2Cl)o1)Nc1ccc2oc(=O)ccc2c1. The number of hydrogen-bond acceptors (Lipinski definition) is 4. The molecule has 0 bridgehead atoms. The lowest BCUT2D eigenvalue weighted by Gasteiger charge is -2.03. The Morgan fingerprint density at radius 2 is 1.79 bits per heavy atom. The molecule has 0 radical (unpaired) electrons. The van der Waals surface area contributed by atoms with Gasteiger partial charge >= 0.3 is 5.63 Å². The first-order valence-corrected chi connectivity index (χ1v) is 9.32. The van der Waals surface area contributed by atoms with Crippen LogP contribution in [0.15, 0.2) is 80.4 Å². The lowest BCUT2D eigenvalue weighted by Crippen LogP contribution is -2.07. The molecule has 5 nitrogen and oxygen atoms in total.